The number of allylic oxidation sites excluding steroid dienone is 2. The van der Waals surface area contributed by atoms with Crippen molar-refractivity contribution < 1.29 is 5.11 Å². The molecule has 0 aliphatic heterocycles. The van der Waals surface area contributed by atoms with Gasteiger partial charge in [-0.25, -0.2) is 0 Å². The molecule has 0 spiro atoms. The molecule has 0 atom stereocenters. The van der Waals surface area contributed by atoms with Gasteiger partial charge in [0.05, 0.1) is 0 Å². The first-order valence-electron chi connectivity index (χ1n) is 4.37. The first-order chi connectivity index (χ1) is 5.81. The van der Waals surface area contributed by atoms with Crippen LogP contribution in [0.25, 0.3) is 0 Å². The van der Waals surface area contributed by atoms with Gasteiger partial charge in [-0.15, -0.1) is 0 Å². The molecule has 1 nitrogen and oxygen atoms in total. The van der Waals surface area contributed by atoms with Crippen molar-refractivity contribution in [3.05, 3.63) is 21.8 Å². The van der Waals surface area contributed by atoms with Gasteiger partial charge in [-0.3, -0.25) is 0 Å². The van der Waals surface area contributed by atoms with Crippen molar-refractivity contribution in [2.24, 2.45) is 0 Å². The molecular formula is C10H18OTe. The number of hydrogen-bond acceptors (Lipinski definition) is 1. The van der Waals surface area contributed by atoms with Gasteiger partial charge in [0.1, 0.15) is 0 Å². The molecule has 0 aromatic carbocycles. The zero-order valence-corrected chi connectivity index (χ0v) is 10.2. The summed E-state index contributed by atoms with van der Waals surface area (Å²) in [7, 11) is 0. The summed E-state index contributed by atoms with van der Waals surface area (Å²) in [6, 6.07) is 0. The van der Waals surface area contributed by atoms with Gasteiger partial charge in [0, 0.05) is 0 Å². The molecule has 0 heterocycles. The average Bonchev–Trinajstić information content (AvgIpc) is 2.05. The molecule has 70 valence electrons. The van der Waals surface area contributed by atoms with E-state index in [9.17, 15) is 0 Å². The van der Waals surface area contributed by atoms with Crippen molar-refractivity contribution in [3.63, 3.8) is 0 Å². The number of aliphatic hydroxyl groups is 1. The van der Waals surface area contributed by atoms with Gasteiger partial charge in [-0.1, -0.05) is 0 Å². The summed E-state index contributed by atoms with van der Waals surface area (Å²) in [6.07, 6.45) is 6.65. The van der Waals surface area contributed by atoms with Crippen LogP contribution in [-0.2, 0) is 0 Å². The summed E-state index contributed by atoms with van der Waals surface area (Å²) in [5.41, 5.74) is 1.18. The topological polar surface area (TPSA) is 20.2 Å². The molecule has 0 unspecified atom stereocenters. The van der Waals surface area contributed by atoms with Crippen LogP contribution < -0.4 is 0 Å². The molecule has 0 bridgehead atoms. The zero-order valence-electron chi connectivity index (χ0n) is 7.92. The Hall–Kier alpha value is 0.230. The quantitative estimate of drug-likeness (QED) is 0.450. The summed E-state index contributed by atoms with van der Waals surface area (Å²) in [5, 5.41) is 8.58. The molecule has 0 fully saturated rings. The molecule has 1 N–H and O–H groups in total. The van der Waals surface area contributed by atoms with Crippen molar-refractivity contribution in [2.45, 2.75) is 31.2 Å². The molecule has 0 radical (unpaired) electrons. The molecule has 0 aliphatic rings. The van der Waals surface area contributed by atoms with Crippen molar-refractivity contribution >= 4 is 20.9 Å². The average molecular weight is 282 g/mol. The van der Waals surface area contributed by atoms with Crippen LogP contribution in [0.5, 0.6) is 0 Å². The predicted molar refractivity (Wildman–Crippen MR) is 55.5 cm³/mol. The molecule has 0 saturated heterocycles. The van der Waals surface area contributed by atoms with Crippen molar-refractivity contribution in [1.82, 2.24) is 0 Å². The predicted octanol–water partition coefficient (Wildman–Crippen LogP) is 2.36. The van der Waals surface area contributed by atoms with Gasteiger partial charge in [0.25, 0.3) is 0 Å². The SMILES string of the molecule is CCCC[Te]/C=C\C(C)=C\CO. The Bertz CT molecular complexity index is 150. The first-order valence-corrected chi connectivity index (χ1v) is 7.36. The van der Waals surface area contributed by atoms with E-state index in [4.69, 9.17) is 5.11 Å². The van der Waals surface area contributed by atoms with E-state index in [1.54, 1.807) is 0 Å². The monoisotopic (exact) mass is 284 g/mol. The van der Waals surface area contributed by atoms with E-state index in [2.05, 4.69) is 17.1 Å². The van der Waals surface area contributed by atoms with Crippen molar-refractivity contribution in [1.29, 1.82) is 0 Å². The molecule has 0 rings (SSSR count). The van der Waals surface area contributed by atoms with Crippen molar-refractivity contribution in [3.8, 4) is 0 Å². The minimum atomic E-state index is 0.109. The fourth-order valence-corrected chi connectivity index (χ4v) is 3.24. The van der Waals surface area contributed by atoms with Crippen LogP contribution in [0, 0.1) is 0 Å². The fourth-order valence-electron chi connectivity index (χ4n) is 0.663. The van der Waals surface area contributed by atoms with Gasteiger partial charge in [-0.2, -0.15) is 0 Å². The molecular weight excluding hydrogens is 264 g/mol. The van der Waals surface area contributed by atoms with Crippen LogP contribution in [0.3, 0.4) is 0 Å². The Balaban J connectivity index is 3.41. The third-order valence-electron chi connectivity index (χ3n) is 1.46. The third-order valence-corrected chi connectivity index (χ3v) is 3.89. The Morgan fingerprint density at radius 1 is 1.50 bits per heavy atom. The van der Waals surface area contributed by atoms with Crippen LogP contribution in [0.2, 0.25) is 4.47 Å². The van der Waals surface area contributed by atoms with Gasteiger partial charge >= 0.3 is 85.6 Å². The first kappa shape index (κ1) is 12.2. The summed E-state index contributed by atoms with van der Waals surface area (Å²) in [5.74, 6) is 0. The molecule has 12 heavy (non-hydrogen) atoms. The number of aliphatic hydroxyl groups excluding tert-OH is 1. The summed E-state index contributed by atoms with van der Waals surface area (Å²) < 4.78 is 3.71. The fraction of sp³-hybridized carbons (Fsp3) is 0.600. The Morgan fingerprint density at radius 3 is 2.83 bits per heavy atom. The third kappa shape index (κ3) is 8.33. The van der Waals surface area contributed by atoms with Crippen LogP contribution in [0.1, 0.15) is 26.7 Å². The maximum absolute atomic E-state index is 8.58. The normalized spacial score (nSPS) is 12.8. The van der Waals surface area contributed by atoms with E-state index in [1.807, 2.05) is 13.0 Å². The molecule has 0 aliphatic carbocycles. The summed E-state index contributed by atoms with van der Waals surface area (Å²) in [6.45, 7) is 4.42. The Labute approximate surface area is 85.6 Å². The molecule has 2 heteroatoms. The molecule has 0 aromatic heterocycles. The van der Waals surface area contributed by atoms with E-state index >= 15 is 0 Å². The second-order valence-corrected chi connectivity index (χ2v) is 5.55. The standard InChI is InChI=1S/C10H18OTe/c1-3-4-8-12-9-6-10(2)5-7-11/h5-6,9,11H,3-4,7-8H2,1-2H3/b9-6-,10-5+. The van der Waals surface area contributed by atoms with Gasteiger partial charge < -0.3 is 0 Å². The van der Waals surface area contributed by atoms with Gasteiger partial charge in [0.2, 0.25) is 0 Å². The Morgan fingerprint density at radius 2 is 2.25 bits per heavy atom. The summed E-state index contributed by atoms with van der Waals surface area (Å²) in [4.78, 5) is 0. The number of unbranched alkanes of at least 4 members (excludes halogenated alkanes) is 1. The van der Waals surface area contributed by atoms with Crippen LogP contribution in [0.4, 0.5) is 0 Å². The number of hydrogen-bond donors (Lipinski definition) is 1. The van der Waals surface area contributed by atoms with E-state index in [0.717, 1.165) is 0 Å². The van der Waals surface area contributed by atoms with Crippen LogP contribution >= 0.6 is 0 Å². The van der Waals surface area contributed by atoms with E-state index in [-0.39, 0.29) is 27.5 Å². The Kier molecular flexibility index (Phi) is 9.50. The van der Waals surface area contributed by atoms with Gasteiger partial charge in [0.15, 0.2) is 0 Å². The zero-order chi connectivity index (χ0) is 9.23. The van der Waals surface area contributed by atoms with Crippen LogP contribution in [-0.4, -0.2) is 32.6 Å². The van der Waals surface area contributed by atoms with Gasteiger partial charge in [-0.05, 0) is 0 Å². The van der Waals surface area contributed by atoms with Crippen LogP contribution in [0.15, 0.2) is 21.8 Å². The minimum absolute atomic E-state index is 0.109. The van der Waals surface area contributed by atoms with Crippen molar-refractivity contribution in [2.75, 3.05) is 6.61 Å². The maximum atomic E-state index is 8.58. The molecule has 0 saturated carbocycles. The van der Waals surface area contributed by atoms with E-state index in [0.29, 0.717) is 0 Å². The van der Waals surface area contributed by atoms with E-state index in [1.165, 1.54) is 22.9 Å². The molecule has 0 aromatic rings. The molecule has 0 amide bonds. The second-order valence-electron chi connectivity index (χ2n) is 2.66. The van der Waals surface area contributed by atoms with E-state index < -0.39 is 0 Å². The second kappa shape index (κ2) is 9.32. The number of rotatable bonds is 6. The summed E-state index contributed by atoms with van der Waals surface area (Å²) >= 11 is 0.109.